The molecule has 3 aromatic rings. The van der Waals surface area contributed by atoms with Crippen LogP contribution in [-0.2, 0) is 0 Å². The van der Waals surface area contributed by atoms with Gasteiger partial charge in [0.1, 0.15) is 7.85 Å². The molecule has 2 aliphatic carbocycles. The lowest BCUT2D eigenvalue weighted by Gasteiger charge is -2.38. The molecule has 0 spiro atoms. The van der Waals surface area contributed by atoms with Crippen molar-refractivity contribution in [2.75, 3.05) is 4.90 Å². The van der Waals surface area contributed by atoms with Gasteiger partial charge in [0.2, 0.25) is 0 Å². The number of anilines is 1. The van der Waals surface area contributed by atoms with E-state index in [1.165, 1.54) is 39.2 Å². The van der Waals surface area contributed by atoms with Gasteiger partial charge in [-0.1, -0.05) is 103 Å². The van der Waals surface area contributed by atoms with E-state index in [0.29, 0.717) is 5.92 Å². The van der Waals surface area contributed by atoms with E-state index in [1.807, 2.05) is 12.1 Å². The molecule has 0 aromatic heterocycles. The molecule has 1 aliphatic heterocycles. The lowest BCUT2D eigenvalue weighted by molar-refractivity contribution is 0.660. The van der Waals surface area contributed by atoms with E-state index in [2.05, 4.69) is 102 Å². The Hall–Kier alpha value is -3.52. The molecule has 0 saturated heterocycles. The van der Waals surface area contributed by atoms with Gasteiger partial charge in [0, 0.05) is 22.9 Å². The first-order valence-corrected chi connectivity index (χ1v) is 11.4. The fraction of sp³-hybridized carbons (Fsp3) is 0.133. The summed E-state index contributed by atoms with van der Waals surface area (Å²) in [6.07, 6.45) is 15.8. The van der Waals surface area contributed by atoms with Crippen molar-refractivity contribution < 1.29 is 0 Å². The summed E-state index contributed by atoms with van der Waals surface area (Å²) in [6, 6.07) is 26.3. The minimum atomic E-state index is 0.266. The zero-order valence-electron chi connectivity index (χ0n) is 18.0. The van der Waals surface area contributed by atoms with E-state index in [-0.39, 0.29) is 6.04 Å². The van der Waals surface area contributed by atoms with E-state index in [1.54, 1.807) is 0 Å². The molecular weight excluding hydrogens is 385 g/mol. The van der Waals surface area contributed by atoms with Crippen LogP contribution in [0.25, 0.3) is 16.7 Å². The van der Waals surface area contributed by atoms with E-state index in [0.717, 1.165) is 18.3 Å². The summed E-state index contributed by atoms with van der Waals surface area (Å²) < 4.78 is 0. The van der Waals surface area contributed by atoms with Crippen LogP contribution in [0.3, 0.4) is 0 Å². The van der Waals surface area contributed by atoms with Gasteiger partial charge in [0.05, 0.1) is 6.04 Å². The van der Waals surface area contributed by atoms with Crippen molar-refractivity contribution in [2.45, 2.75) is 24.8 Å². The van der Waals surface area contributed by atoms with Crippen LogP contribution in [0.15, 0.2) is 115 Å². The molecule has 1 nitrogen and oxygen atoms in total. The van der Waals surface area contributed by atoms with Crippen LogP contribution in [0.1, 0.15) is 29.9 Å². The van der Waals surface area contributed by atoms with Gasteiger partial charge in [-0.15, -0.1) is 0 Å². The number of fused-ring (bicyclic) bond motifs is 5. The smallest absolute Gasteiger partial charge is 0.113 e. The highest BCUT2D eigenvalue weighted by Crippen LogP contribution is 2.47. The second-order valence-corrected chi connectivity index (χ2v) is 8.73. The Morgan fingerprint density at radius 2 is 1.47 bits per heavy atom. The molecule has 3 aromatic carbocycles. The molecular formula is C30H24BN. The molecule has 0 N–H and O–H groups in total. The molecule has 2 unspecified atom stereocenters. The number of allylic oxidation sites excluding steroid dienone is 6. The third-order valence-corrected chi connectivity index (χ3v) is 6.90. The van der Waals surface area contributed by atoms with Crippen LogP contribution in [0.5, 0.6) is 0 Å². The van der Waals surface area contributed by atoms with Crippen molar-refractivity contribution in [1.82, 2.24) is 0 Å². The molecule has 6 rings (SSSR count). The van der Waals surface area contributed by atoms with E-state index < -0.39 is 0 Å². The summed E-state index contributed by atoms with van der Waals surface area (Å²) >= 11 is 0. The number of hydrogen-bond acceptors (Lipinski definition) is 1. The van der Waals surface area contributed by atoms with Crippen molar-refractivity contribution in [3.63, 3.8) is 0 Å². The van der Waals surface area contributed by atoms with Gasteiger partial charge in [-0.2, -0.15) is 0 Å². The zero-order valence-corrected chi connectivity index (χ0v) is 18.0. The van der Waals surface area contributed by atoms with Crippen molar-refractivity contribution in [1.29, 1.82) is 0 Å². The van der Waals surface area contributed by atoms with Gasteiger partial charge in [-0.25, -0.2) is 0 Å². The summed E-state index contributed by atoms with van der Waals surface area (Å²) in [4.78, 5) is 2.58. The summed E-state index contributed by atoms with van der Waals surface area (Å²) in [5.41, 5.74) is 10.2. The molecule has 1 heterocycles. The normalized spacial score (nSPS) is 21.1. The van der Waals surface area contributed by atoms with Crippen molar-refractivity contribution in [3.8, 4) is 11.1 Å². The van der Waals surface area contributed by atoms with Crippen LogP contribution in [0, 0.1) is 0 Å². The van der Waals surface area contributed by atoms with Crippen LogP contribution in [0.2, 0.25) is 0 Å². The summed E-state index contributed by atoms with van der Waals surface area (Å²) in [7, 11) is 5.88. The van der Waals surface area contributed by atoms with Gasteiger partial charge in [0.25, 0.3) is 0 Å². The first kappa shape index (κ1) is 19.2. The molecule has 2 radical (unpaired) electrons. The zero-order chi connectivity index (χ0) is 21.5. The van der Waals surface area contributed by atoms with E-state index in [4.69, 9.17) is 7.85 Å². The monoisotopic (exact) mass is 409 g/mol. The minimum Gasteiger partial charge on any atom is -0.337 e. The first-order valence-electron chi connectivity index (χ1n) is 11.4. The van der Waals surface area contributed by atoms with Gasteiger partial charge in [-0.05, 0) is 47.2 Å². The summed E-state index contributed by atoms with van der Waals surface area (Å²) in [6.45, 7) is 0. The van der Waals surface area contributed by atoms with Crippen molar-refractivity contribution in [3.05, 3.63) is 126 Å². The topological polar surface area (TPSA) is 3.24 Å². The highest BCUT2D eigenvalue weighted by atomic mass is 15.2. The Bertz CT molecular complexity index is 1290. The quantitative estimate of drug-likeness (QED) is 0.449. The van der Waals surface area contributed by atoms with Gasteiger partial charge >= 0.3 is 0 Å². The number of nitrogens with zero attached hydrogens (tertiary/aromatic N) is 1. The third-order valence-electron chi connectivity index (χ3n) is 6.90. The average Bonchev–Trinajstić information content (AvgIpc) is 2.98. The van der Waals surface area contributed by atoms with Crippen molar-refractivity contribution in [2.24, 2.45) is 0 Å². The Morgan fingerprint density at radius 3 is 2.28 bits per heavy atom. The van der Waals surface area contributed by atoms with Crippen LogP contribution in [0.4, 0.5) is 5.69 Å². The van der Waals surface area contributed by atoms with Crippen LogP contribution >= 0.6 is 0 Å². The second kappa shape index (κ2) is 7.87. The highest BCUT2D eigenvalue weighted by molar-refractivity contribution is 6.32. The SMILES string of the molecule is [B]c1ccc(C2=CC=C(N3c4ccccc4-c4ccccc4C4C=CC=CC43)CC2)cc1. The average molecular weight is 409 g/mol. The predicted molar refractivity (Wildman–Crippen MR) is 136 cm³/mol. The Labute approximate surface area is 191 Å². The van der Waals surface area contributed by atoms with Crippen LogP contribution < -0.4 is 10.4 Å². The van der Waals surface area contributed by atoms with Gasteiger partial charge < -0.3 is 4.90 Å². The van der Waals surface area contributed by atoms with Gasteiger partial charge in [-0.3, -0.25) is 0 Å². The predicted octanol–water partition coefficient (Wildman–Crippen LogP) is 6.31. The Balaban J connectivity index is 1.48. The molecule has 152 valence electrons. The van der Waals surface area contributed by atoms with Crippen LogP contribution in [-0.4, -0.2) is 13.9 Å². The Morgan fingerprint density at radius 1 is 0.719 bits per heavy atom. The Kier molecular flexibility index (Phi) is 4.72. The number of benzene rings is 3. The lowest BCUT2D eigenvalue weighted by Crippen LogP contribution is -2.37. The molecule has 0 saturated carbocycles. The maximum absolute atomic E-state index is 5.88. The number of hydrogen-bond donors (Lipinski definition) is 0. The summed E-state index contributed by atoms with van der Waals surface area (Å²) in [5.74, 6) is 0.326. The van der Waals surface area contributed by atoms with Crippen molar-refractivity contribution >= 4 is 24.6 Å². The second-order valence-electron chi connectivity index (χ2n) is 8.73. The summed E-state index contributed by atoms with van der Waals surface area (Å²) in [5, 5.41) is 0. The molecule has 0 bridgehead atoms. The molecule has 32 heavy (non-hydrogen) atoms. The fourth-order valence-corrected chi connectivity index (χ4v) is 5.35. The molecule has 0 amide bonds. The number of para-hydroxylation sites is 1. The fourth-order valence-electron chi connectivity index (χ4n) is 5.35. The first-order chi connectivity index (χ1) is 15.8. The molecule has 0 fully saturated rings. The maximum Gasteiger partial charge on any atom is 0.113 e. The molecule has 2 heteroatoms. The molecule has 2 atom stereocenters. The molecule has 3 aliphatic rings. The maximum atomic E-state index is 5.88. The third kappa shape index (κ3) is 3.19. The highest BCUT2D eigenvalue weighted by Gasteiger charge is 2.35. The largest absolute Gasteiger partial charge is 0.337 e. The van der Waals surface area contributed by atoms with Gasteiger partial charge in [0.15, 0.2) is 0 Å². The standard InChI is InChI=1S/C30H24BN/c31-23-17-13-21(14-18-23)22-15-19-24(20-16-22)32-29-11-5-3-9-27(29)25-7-1-2-8-26(25)28-10-4-6-12-30(28)32/h1-15,17-19,27,29H,16,20H2. The number of rotatable bonds is 2. The van der Waals surface area contributed by atoms with E-state index >= 15 is 0 Å². The van der Waals surface area contributed by atoms with E-state index in [9.17, 15) is 0 Å². The minimum absolute atomic E-state index is 0.266. The lowest BCUT2D eigenvalue weighted by atomic mass is 9.84.